The standard InChI is InChI=1S/C14H17BrN2O/c1-3-4-12(9-16)14(18)17-10(2)11-5-7-13(15)8-6-11/h5-8,10,12H,3-4H2,1-2H3,(H,17,18). The van der Waals surface area contributed by atoms with E-state index in [-0.39, 0.29) is 11.9 Å². The lowest BCUT2D eigenvalue weighted by Crippen LogP contribution is -2.32. The van der Waals surface area contributed by atoms with Crippen LogP contribution < -0.4 is 5.32 Å². The lowest BCUT2D eigenvalue weighted by Gasteiger charge is -2.16. The predicted octanol–water partition coefficient (Wildman–Crippen LogP) is 3.57. The van der Waals surface area contributed by atoms with Crippen molar-refractivity contribution in [2.24, 2.45) is 5.92 Å². The maximum Gasteiger partial charge on any atom is 0.237 e. The molecule has 4 heteroatoms. The van der Waals surface area contributed by atoms with Crippen molar-refractivity contribution < 1.29 is 4.79 Å². The molecule has 96 valence electrons. The molecule has 2 unspecified atom stereocenters. The van der Waals surface area contributed by atoms with Gasteiger partial charge in [0.05, 0.1) is 12.1 Å². The smallest absolute Gasteiger partial charge is 0.237 e. The molecule has 1 N–H and O–H groups in total. The Morgan fingerprint density at radius 3 is 2.56 bits per heavy atom. The number of nitriles is 1. The Bertz CT molecular complexity index is 436. The highest BCUT2D eigenvalue weighted by molar-refractivity contribution is 9.10. The van der Waals surface area contributed by atoms with Gasteiger partial charge in [-0.15, -0.1) is 0 Å². The third-order valence-electron chi connectivity index (χ3n) is 2.78. The molecule has 0 saturated heterocycles. The molecule has 2 atom stereocenters. The molecule has 0 aliphatic carbocycles. The SMILES string of the molecule is CCCC(C#N)C(=O)NC(C)c1ccc(Br)cc1. The molecular weight excluding hydrogens is 292 g/mol. The van der Waals surface area contributed by atoms with E-state index in [1.54, 1.807) is 0 Å². The summed E-state index contributed by atoms with van der Waals surface area (Å²) in [4.78, 5) is 11.9. The summed E-state index contributed by atoms with van der Waals surface area (Å²) in [7, 11) is 0. The summed E-state index contributed by atoms with van der Waals surface area (Å²) < 4.78 is 1.01. The zero-order valence-corrected chi connectivity index (χ0v) is 12.2. The Kier molecular flexibility index (Phi) is 5.87. The van der Waals surface area contributed by atoms with Crippen molar-refractivity contribution in [2.75, 3.05) is 0 Å². The van der Waals surface area contributed by atoms with Gasteiger partial charge in [-0.1, -0.05) is 41.4 Å². The molecule has 0 radical (unpaired) electrons. The molecule has 1 amide bonds. The van der Waals surface area contributed by atoms with Crippen LogP contribution in [0.2, 0.25) is 0 Å². The Hall–Kier alpha value is -1.34. The van der Waals surface area contributed by atoms with Crippen molar-refractivity contribution in [2.45, 2.75) is 32.7 Å². The normalized spacial score (nSPS) is 13.4. The van der Waals surface area contributed by atoms with Crippen LogP contribution in [0.1, 0.15) is 38.3 Å². The Morgan fingerprint density at radius 1 is 1.44 bits per heavy atom. The molecule has 3 nitrogen and oxygen atoms in total. The van der Waals surface area contributed by atoms with Gasteiger partial charge in [0.15, 0.2) is 0 Å². The van der Waals surface area contributed by atoms with E-state index in [2.05, 4.69) is 21.2 Å². The van der Waals surface area contributed by atoms with Gasteiger partial charge in [-0.3, -0.25) is 4.79 Å². The van der Waals surface area contributed by atoms with Crippen molar-refractivity contribution in [1.82, 2.24) is 5.32 Å². The van der Waals surface area contributed by atoms with E-state index < -0.39 is 5.92 Å². The predicted molar refractivity (Wildman–Crippen MR) is 74.7 cm³/mol. The van der Waals surface area contributed by atoms with E-state index in [1.165, 1.54) is 0 Å². The van der Waals surface area contributed by atoms with Crippen LogP contribution >= 0.6 is 15.9 Å². The molecule has 0 saturated carbocycles. The first-order valence-corrected chi connectivity index (χ1v) is 6.83. The van der Waals surface area contributed by atoms with E-state index in [1.807, 2.05) is 44.2 Å². The summed E-state index contributed by atoms with van der Waals surface area (Å²) >= 11 is 3.37. The Balaban J connectivity index is 2.64. The van der Waals surface area contributed by atoms with Crippen LogP contribution in [0.5, 0.6) is 0 Å². The molecule has 0 aromatic heterocycles. The number of carbonyl (C=O) groups excluding carboxylic acids is 1. The van der Waals surface area contributed by atoms with Crippen molar-refractivity contribution in [3.8, 4) is 6.07 Å². The molecule has 1 aromatic rings. The van der Waals surface area contributed by atoms with Crippen LogP contribution in [0.4, 0.5) is 0 Å². The van der Waals surface area contributed by atoms with E-state index in [0.29, 0.717) is 6.42 Å². The van der Waals surface area contributed by atoms with Gasteiger partial charge in [0.25, 0.3) is 0 Å². The van der Waals surface area contributed by atoms with E-state index >= 15 is 0 Å². The monoisotopic (exact) mass is 308 g/mol. The van der Waals surface area contributed by atoms with Crippen LogP contribution in [0, 0.1) is 17.2 Å². The highest BCUT2D eigenvalue weighted by atomic mass is 79.9. The number of rotatable bonds is 5. The maximum absolute atomic E-state index is 11.9. The van der Waals surface area contributed by atoms with Gasteiger partial charge >= 0.3 is 0 Å². The largest absolute Gasteiger partial charge is 0.348 e. The maximum atomic E-state index is 11.9. The van der Waals surface area contributed by atoms with Crippen molar-refractivity contribution in [1.29, 1.82) is 5.26 Å². The van der Waals surface area contributed by atoms with Gasteiger partial charge in [0.2, 0.25) is 5.91 Å². The highest BCUT2D eigenvalue weighted by Crippen LogP contribution is 2.17. The lowest BCUT2D eigenvalue weighted by atomic mass is 10.0. The van der Waals surface area contributed by atoms with E-state index in [4.69, 9.17) is 5.26 Å². The molecule has 18 heavy (non-hydrogen) atoms. The summed E-state index contributed by atoms with van der Waals surface area (Å²) in [5.74, 6) is -0.734. The Morgan fingerprint density at radius 2 is 2.06 bits per heavy atom. The fourth-order valence-corrected chi connectivity index (χ4v) is 1.96. The molecule has 0 bridgehead atoms. The van der Waals surface area contributed by atoms with Gasteiger partial charge in [0.1, 0.15) is 5.92 Å². The number of benzene rings is 1. The van der Waals surface area contributed by atoms with Crippen LogP contribution in [0.25, 0.3) is 0 Å². The highest BCUT2D eigenvalue weighted by Gasteiger charge is 2.18. The number of halogens is 1. The number of nitrogens with zero attached hydrogens (tertiary/aromatic N) is 1. The van der Waals surface area contributed by atoms with Crippen LogP contribution in [-0.2, 0) is 4.79 Å². The Labute approximate surface area is 116 Å². The minimum atomic E-state index is -0.548. The molecule has 0 aliphatic heterocycles. The quantitative estimate of drug-likeness (QED) is 0.904. The fraction of sp³-hybridized carbons (Fsp3) is 0.429. The van der Waals surface area contributed by atoms with E-state index in [0.717, 1.165) is 16.5 Å². The average molecular weight is 309 g/mol. The lowest BCUT2D eigenvalue weighted by molar-refractivity contribution is -0.124. The van der Waals surface area contributed by atoms with Gasteiger partial charge in [-0.25, -0.2) is 0 Å². The topological polar surface area (TPSA) is 52.9 Å². The molecule has 0 heterocycles. The second-order valence-corrected chi connectivity index (χ2v) is 5.17. The number of hydrogen-bond acceptors (Lipinski definition) is 2. The third kappa shape index (κ3) is 4.15. The molecule has 0 spiro atoms. The minimum Gasteiger partial charge on any atom is -0.348 e. The molecule has 1 aromatic carbocycles. The van der Waals surface area contributed by atoms with Gasteiger partial charge in [-0.2, -0.15) is 5.26 Å². The first-order valence-electron chi connectivity index (χ1n) is 6.04. The van der Waals surface area contributed by atoms with Gasteiger partial charge < -0.3 is 5.32 Å². The van der Waals surface area contributed by atoms with Crippen molar-refractivity contribution >= 4 is 21.8 Å². The third-order valence-corrected chi connectivity index (χ3v) is 3.31. The van der Waals surface area contributed by atoms with Crippen molar-refractivity contribution in [3.05, 3.63) is 34.3 Å². The molecule has 1 rings (SSSR count). The summed E-state index contributed by atoms with van der Waals surface area (Å²) in [6.45, 7) is 3.89. The second kappa shape index (κ2) is 7.17. The molecule has 0 aliphatic rings. The summed E-state index contributed by atoms with van der Waals surface area (Å²) in [5, 5.41) is 11.8. The fourth-order valence-electron chi connectivity index (χ4n) is 1.69. The summed E-state index contributed by atoms with van der Waals surface area (Å²) in [6.07, 6.45) is 1.44. The van der Waals surface area contributed by atoms with Crippen molar-refractivity contribution in [3.63, 3.8) is 0 Å². The summed E-state index contributed by atoms with van der Waals surface area (Å²) in [5.41, 5.74) is 1.03. The van der Waals surface area contributed by atoms with Crippen LogP contribution in [-0.4, -0.2) is 5.91 Å². The van der Waals surface area contributed by atoms with Crippen LogP contribution in [0.3, 0.4) is 0 Å². The van der Waals surface area contributed by atoms with Gasteiger partial charge in [0, 0.05) is 4.47 Å². The number of amides is 1. The number of hydrogen-bond donors (Lipinski definition) is 1. The van der Waals surface area contributed by atoms with Crippen LogP contribution in [0.15, 0.2) is 28.7 Å². The number of nitrogens with one attached hydrogen (secondary N) is 1. The average Bonchev–Trinajstić information content (AvgIpc) is 2.36. The molecular formula is C14H17BrN2O. The van der Waals surface area contributed by atoms with E-state index in [9.17, 15) is 4.79 Å². The zero-order chi connectivity index (χ0) is 13.5. The first-order chi connectivity index (χ1) is 8.58. The minimum absolute atomic E-state index is 0.0849. The number of carbonyl (C=O) groups is 1. The first kappa shape index (κ1) is 14.7. The summed E-state index contributed by atoms with van der Waals surface area (Å²) in [6, 6.07) is 9.75. The second-order valence-electron chi connectivity index (χ2n) is 4.25. The molecule has 0 fully saturated rings. The zero-order valence-electron chi connectivity index (χ0n) is 10.6. The van der Waals surface area contributed by atoms with Gasteiger partial charge in [-0.05, 0) is 31.0 Å².